The number of rotatable bonds is 26. The summed E-state index contributed by atoms with van der Waals surface area (Å²) < 4.78 is 0. The zero-order valence-corrected chi connectivity index (χ0v) is 50.9. The average Bonchev–Trinajstić information content (AvgIpc) is 4.28. The number of carbonyl (C=O) groups excluding carboxylic acids is 8. The molecule has 2 unspecified atom stereocenters. The molecule has 2 aliphatic heterocycles. The molecule has 6 atom stereocenters. The Morgan fingerprint density at radius 3 is 1.30 bits per heavy atom. The molecule has 4 heterocycles. The van der Waals surface area contributed by atoms with Crippen LogP contribution in [0.15, 0.2) is 60.7 Å². The van der Waals surface area contributed by atoms with Crippen molar-refractivity contribution in [3.8, 4) is 22.5 Å². The maximum atomic E-state index is 14.3. The molecule has 8 rings (SSSR count). The van der Waals surface area contributed by atoms with Crippen molar-refractivity contribution in [2.24, 2.45) is 11.8 Å². The number of nitrogens with one attached hydrogen (secondary N) is 8. The van der Waals surface area contributed by atoms with Gasteiger partial charge in [0.05, 0.1) is 12.1 Å². The molecule has 2 aromatic carbocycles. The fourth-order valence-corrected chi connectivity index (χ4v) is 13.6. The lowest BCUT2D eigenvalue weighted by atomic mass is 9.83. The first-order chi connectivity index (χ1) is 40.6. The Hall–Kier alpha value is -6.66. The Morgan fingerprint density at radius 2 is 0.929 bits per heavy atom. The first-order valence-corrected chi connectivity index (χ1v) is 31.8. The van der Waals surface area contributed by atoms with Crippen molar-refractivity contribution in [1.82, 2.24) is 56.6 Å². The third kappa shape index (κ3) is 16.4. The second-order valence-corrected chi connectivity index (χ2v) is 24.8. The van der Waals surface area contributed by atoms with Crippen LogP contribution in [-0.2, 0) is 28.8 Å². The van der Waals surface area contributed by atoms with Gasteiger partial charge in [0.15, 0.2) is 10.0 Å². The molecule has 8 N–H and O–H groups in total. The predicted octanol–water partition coefficient (Wildman–Crippen LogP) is 6.01. The highest BCUT2D eigenvalue weighted by molar-refractivity contribution is 7.18. The van der Waals surface area contributed by atoms with E-state index in [2.05, 4.69) is 47.4 Å². The molecule has 2 aliphatic carbocycles. The molecule has 0 bridgehead atoms. The van der Waals surface area contributed by atoms with Crippen LogP contribution in [0.1, 0.15) is 136 Å². The molecule has 8 amide bonds. The topological polar surface area (TPSA) is 268 Å². The van der Waals surface area contributed by atoms with E-state index in [9.17, 15) is 38.4 Å². The van der Waals surface area contributed by atoms with Crippen molar-refractivity contribution in [3.05, 3.63) is 70.7 Å². The number of anilines is 2. The minimum Gasteiger partial charge on any atom is -0.350 e. The number of hydrogen-bond donors (Lipinski definition) is 8. The molecule has 4 fully saturated rings. The summed E-state index contributed by atoms with van der Waals surface area (Å²) in [5.41, 5.74) is 2.36. The zero-order valence-electron chi connectivity index (χ0n) is 49.3. The largest absolute Gasteiger partial charge is 0.350 e. The van der Waals surface area contributed by atoms with Gasteiger partial charge in [-0.2, -0.15) is 0 Å². The second kappa shape index (κ2) is 30.9. The van der Waals surface area contributed by atoms with Gasteiger partial charge < -0.3 is 57.2 Å². The third-order valence-corrected chi connectivity index (χ3v) is 18.9. The Labute approximate surface area is 501 Å². The van der Waals surface area contributed by atoms with Gasteiger partial charge in [-0.1, -0.05) is 122 Å². The van der Waals surface area contributed by atoms with E-state index >= 15 is 0 Å². The van der Waals surface area contributed by atoms with E-state index in [0.29, 0.717) is 99.2 Å². The van der Waals surface area contributed by atoms with Gasteiger partial charge in [0.2, 0.25) is 35.4 Å². The number of likely N-dealkylation sites (N-methyl/N-ethyl adjacent to an activating group) is 2. The summed E-state index contributed by atoms with van der Waals surface area (Å²) in [5, 5.41) is 25.2. The van der Waals surface area contributed by atoms with Crippen molar-refractivity contribution < 1.29 is 38.4 Å². The Morgan fingerprint density at radius 1 is 0.548 bits per heavy atom. The molecule has 21 nitrogen and oxygen atoms in total. The van der Waals surface area contributed by atoms with Crippen molar-refractivity contribution >= 4 is 79.9 Å². The maximum absolute atomic E-state index is 14.3. The summed E-state index contributed by atoms with van der Waals surface area (Å²) in [7, 11) is 5.38. The molecule has 2 saturated heterocycles. The minimum absolute atomic E-state index is 0.0134. The minimum atomic E-state index is -0.755. The highest BCUT2D eigenvalue weighted by Gasteiger charge is 2.43. The summed E-state index contributed by atoms with van der Waals surface area (Å²) in [4.78, 5) is 125. The molecule has 2 aromatic heterocycles. The fourth-order valence-electron chi connectivity index (χ4n) is 11.8. The summed E-state index contributed by atoms with van der Waals surface area (Å²) in [5.74, 6) is -2.49. The van der Waals surface area contributed by atoms with Crippen LogP contribution in [0.2, 0.25) is 0 Å². The number of thiazole rings is 2. The summed E-state index contributed by atoms with van der Waals surface area (Å²) >= 11 is 2.17. The van der Waals surface area contributed by atoms with Gasteiger partial charge in [0.25, 0.3) is 11.8 Å². The number of likely N-dealkylation sites (tertiary alicyclic amines) is 2. The van der Waals surface area contributed by atoms with Gasteiger partial charge in [0, 0.05) is 37.3 Å². The standard InChI is InChI=1S/C61H85N13O8S2/c1-38(62-3)50(75)66-48(42-26-14-8-15-27-42)60(81)73-36-18-30-44(73)52(77)70-56-46(40-22-10-6-11-23-40)68-58(83-56)54(79)64-32-20-34-72(5)35-21-33-65-55(80)59-69-47(41-24-12-7-13-25-41)57(84-59)71-53(78)45-31-19-37-74(45)61(82)49(43-28-16-9-17-29-43)67-51(76)39(2)63-4/h6-7,10-13,22-25,38-39,42-45,48-49,62-63H,8-9,14-21,26-37H2,1-5H3,(H,64,79)(H,65,80)(H,66,75)(H,67,76)(H,70,77)(H,71,78)/t38-,39-,44?,45?,48-,49-/m0/s1. The molecular formula is C61H85N13O8S2. The highest BCUT2D eigenvalue weighted by Crippen LogP contribution is 2.37. The van der Waals surface area contributed by atoms with Gasteiger partial charge in [-0.15, -0.1) is 0 Å². The van der Waals surface area contributed by atoms with Gasteiger partial charge in [-0.05, 0) is 124 Å². The normalized spacial score (nSPS) is 19.0. The second-order valence-electron chi connectivity index (χ2n) is 22.8. The molecule has 0 spiro atoms. The number of aromatic nitrogens is 2. The molecular weight excluding hydrogens is 1110 g/mol. The van der Waals surface area contributed by atoms with Crippen LogP contribution < -0.4 is 42.5 Å². The molecule has 2 saturated carbocycles. The molecule has 0 radical (unpaired) electrons. The Kier molecular flexibility index (Phi) is 23.3. The summed E-state index contributed by atoms with van der Waals surface area (Å²) in [6.07, 6.45) is 12.9. The molecule has 4 aromatic rings. The van der Waals surface area contributed by atoms with Crippen LogP contribution in [0.4, 0.5) is 10.0 Å². The number of amides is 8. The van der Waals surface area contributed by atoms with E-state index in [-0.39, 0.29) is 69.1 Å². The lowest BCUT2D eigenvalue weighted by Gasteiger charge is -2.35. The van der Waals surface area contributed by atoms with Crippen LogP contribution in [0.25, 0.3) is 22.5 Å². The smallest absolute Gasteiger partial charge is 0.280 e. The van der Waals surface area contributed by atoms with Crippen LogP contribution in [0.5, 0.6) is 0 Å². The van der Waals surface area contributed by atoms with E-state index in [4.69, 9.17) is 9.97 Å². The lowest BCUT2D eigenvalue weighted by molar-refractivity contribution is -0.142. The van der Waals surface area contributed by atoms with Gasteiger partial charge in [0.1, 0.15) is 45.6 Å². The van der Waals surface area contributed by atoms with Crippen LogP contribution in [0.3, 0.4) is 0 Å². The van der Waals surface area contributed by atoms with Gasteiger partial charge in [-0.25, -0.2) is 9.97 Å². The first-order valence-electron chi connectivity index (χ1n) is 30.2. The van der Waals surface area contributed by atoms with E-state index in [1.807, 2.05) is 67.7 Å². The van der Waals surface area contributed by atoms with Crippen molar-refractivity contribution in [1.29, 1.82) is 0 Å². The van der Waals surface area contributed by atoms with Crippen LogP contribution >= 0.6 is 22.7 Å². The summed E-state index contributed by atoms with van der Waals surface area (Å²) in [6, 6.07) is 14.7. The van der Waals surface area contributed by atoms with E-state index in [1.54, 1.807) is 37.7 Å². The first kappa shape index (κ1) is 63.4. The Balaban J connectivity index is 0.819. The van der Waals surface area contributed by atoms with Gasteiger partial charge >= 0.3 is 0 Å². The predicted molar refractivity (Wildman–Crippen MR) is 327 cm³/mol. The van der Waals surface area contributed by atoms with Crippen molar-refractivity contribution in [2.45, 2.75) is 153 Å². The number of hydrogen-bond acceptors (Lipinski definition) is 15. The van der Waals surface area contributed by atoms with E-state index in [1.165, 1.54) is 0 Å². The monoisotopic (exact) mass is 1190 g/mol. The van der Waals surface area contributed by atoms with Crippen molar-refractivity contribution in [3.63, 3.8) is 0 Å². The van der Waals surface area contributed by atoms with Crippen molar-refractivity contribution in [2.75, 3.05) is 71.0 Å². The lowest BCUT2D eigenvalue weighted by Crippen LogP contribution is -2.57. The quantitative estimate of drug-likeness (QED) is 0.0335. The third-order valence-electron chi connectivity index (χ3n) is 16.9. The molecule has 84 heavy (non-hydrogen) atoms. The summed E-state index contributed by atoms with van der Waals surface area (Å²) in [6.45, 7) is 6.35. The molecule has 4 aliphatic rings. The number of nitrogens with zero attached hydrogens (tertiary/aromatic N) is 5. The number of carbonyl (C=O) groups is 8. The Bertz CT molecular complexity index is 2700. The van der Waals surface area contributed by atoms with Crippen LogP contribution in [-0.4, -0.2) is 169 Å². The highest BCUT2D eigenvalue weighted by atomic mass is 32.1. The average molecular weight is 1190 g/mol. The fraction of sp³-hybridized carbons (Fsp3) is 0.574. The van der Waals surface area contributed by atoms with E-state index < -0.39 is 36.3 Å². The maximum Gasteiger partial charge on any atom is 0.280 e. The zero-order chi connectivity index (χ0) is 59.7. The number of benzene rings is 2. The SMILES string of the molecule is CN[C@@H](C)C(=O)N[C@H](C(=O)N1CCCC1C(=O)Nc1sc(C(=O)NCCCN(C)CCCNC(=O)c2nc(-c3ccccc3)c(NC(=O)C3CCCN3C(=O)[C@@H](NC(=O)[C@H](C)NC)C3CCCCC3)s2)nc1-c1ccccc1)C1CCCCC1. The van der Waals surface area contributed by atoms with E-state index in [0.717, 1.165) is 98.0 Å². The van der Waals surface area contributed by atoms with Gasteiger partial charge in [-0.3, -0.25) is 38.4 Å². The molecule has 23 heteroatoms. The van der Waals surface area contributed by atoms with Crippen LogP contribution in [0, 0.1) is 11.8 Å². The molecule has 454 valence electrons.